The number of hydrazine groups is 1. The van der Waals surface area contributed by atoms with Gasteiger partial charge in [-0.25, -0.2) is 12.7 Å². The Kier molecular flexibility index (Phi) is 5.03. The molecule has 0 bridgehead atoms. The molecule has 1 aromatic heterocycles. The van der Waals surface area contributed by atoms with Crippen molar-refractivity contribution in [3.05, 3.63) is 17.5 Å². The summed E-state index contributed by atoms with van der Waals surface area (Å²) < 4.78 is 26.8. The molecular weight excluding hydrogens is 290 g/mol. The Bertz CT molecular complexity index is 583. The first-order valence-electron chi connectivity index (χ1n) is 7.23. The normalized spacial score (nSPS) is 22.4. The third-order valence-corrected chi connectivity index (χ3v) is 5.39. The molecule has 8 heteroatoms. The van der Waals surface area contributed by atoms with Gasteiger partial charge in [-0.15, -0.1) is 0 Å². The molecule has 0 aliphatic carbocycles. The van der Waals surface area contributed by atoms with E-state index in [0.29, 0.717) is 19.0 Å². The van der Waals surface area contributed by atoms with Crippen molar-refractivity contribution in [1.82, 2.24) is 19.5 Å². The molecule has 1 aliphatic heterocycles. The number of hydrogen-bond acceptors (Lipinski definition) is 5. The summed E-state index contributed by atoms with van der Waals surface area (Å²) in [6.45, 7) is 3.15. The summed E-state index contributed by atoms with van der Waals surface area (Å²) >= 11 is 0. The van der Waals surface area contributed by atoms with Crippen LogP contribution in [0.1, 0.15) is 36.7 Å². The number of rotatable bonds is 5. The maximum atomic E-state index is 11.7. The molecule has 0 saturated carbocycles. The molecule has 1 fully saturated rings. The molecular formula is C13H25N5O2S. The van der Waals surface area contributed by atoms with E-state index in [0.717, 1.165) is 30.7 Å². The van der Waals surface area contributed by atoms with Crippen LogP contribution in [0.25, 0.3) is 0 Å². The Morgan fingerprint density at radius 3 is 2.81 bits per heavy atom. The summed E-state index contributed by atoms with van der Waals surface area (Å²) in [6.07, 6.45) is 4.01. The lowest BCUT2D eigenvalue weighted by Gasteiger charge is -2.32. The summed E-state index contributed by atoms with van der Waals surface area (Å²) in [5.74, 6) is 6.01. The lowest BCUT2D eigenvalue weighted by Crippen LogP contribution is -2.41. The van der Waals surface area contributed by atoms with E-state index < -0.39 is 10.0 Å². The largest absolute Gasteiger partial charge is 0.271 e. The number of sulfonamides is 1. The van der Waals surface area contributed by atoms with E-state index >= 15 is 0 Å². The van der Waals surface area contributed by atoms with Gasteiger partial charge >= 0.3 is 0 Å². The van der Waals surface area contributed by atoms with E-state index in [4.69, 9.17) is 5.84 Å². The Morgan fingerprint density at radius 1 is 1.57 bits per heavy atom. The Labute approximate surface area is 126 Å². The molecule has 0 radical (unpaired) electrons. The fourth-order valence-corrected chi connectivity index (χ4v) is 4.03. The van der Waals surface area contributed by atoms with E-state index in [1.54, 1.807) is 4.31 Å². The van der Waals surface area contributed by atoms with Gasteiger partial charge in [-0.1, -0.05) is 0 Å². The van der Waals surface area contributed by atoms with Crippen LogP contribution in [0, 0.1) is 12.8 Å². The molecule has 2 heterocycles. The van der Waals surface area contributed by atoms with Crippen molar-refractivity contribution < 1.29 is 8.42 Å². The number of nitrogens with two attached hydrogens (primary N) is 1. The fourth-order valence-electron chi connectivity index (χ4n) is 3.08. The molecule has 1 aliphatic rings. The maximum Gasteiger partial charge on any atom is 0.211 e. The highest BCUT2D eigenvalue weighted by atomic mass is 32.2. The van der Waals surface area contributed by atoms with Crippen molar-refractivity contribution in [2.45, 2.75) is 32.2 Å². The average Bonchev–Trinajstić information content (AvgIpc) is 2.74. The number of aromatic nitrogens is 2. The van der Waals surface area contributed by atoms with Gasteiger partial charge in [0.2, 0.25) is 10.0 Å². The third kappa shape index (κ3) is 4.03. The molecule has 2 unspecified atom stereocenters. The van der Waals surface area contributed by atoms with E-state index in [-0.39, 0.29) is 6.04 Å². The topological polar surface area (TPSA) is 93.3 Å². The number of nitrogens with one attached hydrogen (secondary N) is 1. The first-order chi connectivity index (χ1) is 9.81. The molecule has 7 nitrogen and oxygen atoms in total. The molecule has 21 heavy (non-hydrogen) atoms. The molecule has 3 N–H and O–H groups in total. The Hall–Kier alpha value is -0.960. The first kappa shape index (κ1) is 16.4. The van der Waals surface area contributed by atoms with Crippen molar-refractivity contribution in [2.75, 3.05) is 19.3 Å². The monoisotopic (exact) mass is 315 g/mol. The van der Waals surface area contributed by atoms with Crippen LogP contribution in [0.4, 0.5) is 0 Å². The van der Waals surface area contributed by atoms with Gasteiger partial charge in [0.15, 0.2) is 0 Å². The quantitative estimate of drug-likeness (QED) is 0.602. The molecule has 1 saturated heterocycles. The van der Waals surface area contributed by atoms with Crippen LogP contribution < -0.4 is 11.3 Å². The van der Waals surface area contributed by atoms with Gasteiger partial charge in [0, 0.05) is 20.1 Å². The van der Waals surface area contributed by atoms with Crippen LogP contribution in [0.2, 0.25) is 0 Å². The van der Waals surface area contributed by atoms with Crippen molar-refractivity contribution in [2.24, 2.45) is 18.8 Å². The second-order valence-corrected chi connectivity index (χ2v) is 7.90. The lowest BCUT2D eigenvalue weighted by atomic mass is 9.91. The van der Waals surface area contributed by atoms with E-state index in [1.807, 2.05) is 24.7 Å². The minimum absolute atomic E-state index is 0.0132. The van der Waals surface area contributed by atoms with Crippen LogP contribution in [-0.4, -0.2) is 41.8 Å². The first-order valence-corrected chi connectivity index (χ1v) is 9.08. The smallest absolute Gasteiger partial charge is 0.211 e. The van der Waals surface area contributed by atoms with Crippen molar-refractivity contribution in [3.8, 4) is 0 Å². The van der Waals surface area contributed by atoms with Crippen molar-refractivity contribution in [3.63, 3.8) is 0 Å². The molecule has 120 valence electrons. The highest BCUT2D eigenvalue weighted by Gasteiger charge is 2.28. The van der Waals surface area contributed by atoms with Gasteiger partial charge < -0.3 is 0 Å². The zero-order chi connectivity index (χ0) is 15.6. The van der Waals surface area contributed by atoms with Crippen molar-refractivity contribution >= 4 is 10.0 Å². The average molecular weight is 315 g/mol. The van der Waals surface area contributed by atoms with Gasteiger partial charge in [-0.05, 0) is 38.2 Å². The van der Waals surface area contributed by atoms with Gasteiger partial charge in [-0.2, -0.15) is 5.10 Å². The molecule has 0 amide bonds. The van der Waals surface area contributed by atoms with Crippen LogP contribution in [0.15, 0.2) is 6.07 Å². The summed E-state index contributed by atoms with van der Waals surface area (Å²) in [7, 11) is -1.21. The second-order valence-electron chi connectivity index (χ2n) is 5.92. The van der Waals surface area contributed by atoms with Crippen LogP contribution in [0.5, 0.6) is 0 Å². The zero-order valence-corrected chi connectivity index (χ0v) is 13.7. The van der Waals surface area contributed by atoms with Gasteiger partial charge in [0.25, 0.3) is 0 Å². The molecule has 2 rings (SSSR count). The summed E-state index contributed by atoms with van der Waals surface area (Å²) in [5, 5.41) is 4.34. The number of nitrogens with zero attached hydrogens (tertiary/aromatic N) is 3. The van der Waals surface area contributed by atoms with Crippen LogP contribution in [-0.2, 0) is 17.1 Å². The van der Waals surface area contributed by atoms with Crippen LogP contribution >= 0.6 is 0 Å². The zero-order valence-electron chi connectivity index (χ0n) is 12.9. The predicted octanol–water partition coefficient (Wildman–Crippen LogP) is 0.295. The number of aryl methyl sites for hydroxylation is 2. The predicted molar refractivity (Wildman–Crippen MR) is 81.8 cm³/mol. The number of piperidine rings is 1. The van der Waals surface area contributed by atoms with Gasteiger partial charge in [0.1, 0.15) is 0 Å². The minimum Gasteiger partial charge on any atom is -0.271 e. The third-order valence-electron chi connectivity index (χ3n) is 4.12. The standard InChI is InChI=1S/C13H25N5O2S/c1-10-7-13(17(2)16-10)12(15-14)8-11-5-4-6-18(9-11)21(3,19)20/h7,11-12,15H,4-6,8-9,14H2,1-3H3. The summed E-state index contributed by atoms with van der Waals surface area (Å²) in [5.41, 5.74) is 4.83. The number of hydrogen-bond donors (Lipinski definition) is 2. The lowest BCUT2D eigenvalue weighted by molar-refractivity contribution is 0.236. The van der Waals surface area contributed by atoms with E-state index in [2.05, 4.69) is 10.5 Å². The molecule has 0 aromatic carbocycles. The fraction of sp³-hybridized carbons (Fsp3) is 0.769. The summed E-state index contributed by atoms with van der Waals surface area (Å²) in [4.78, 5) is 0. The van der Waals surface area contributed by atoms with E-state index in [9.17, 15) is 8.42 Å². The molecule has 1 aromatic rings. The van der Waals surface area contributed by atoms with Gasteiger partial charge in [0.05, 0.1) is 23.7 Å². The maximum absolute atomic E-state index is 11.7. The Balaban J connectivity index is 2.07. The van der Waals surface area contributed by atoms with Crippen molar-refractivity contribution in [1.29, 1.82) is 0 Å². The minimum atomic E-state index is -3.11. The SMILES string of the molecule is Cc1cc(C(CC2CCCN(S(C)(=O)=O)C2)NN)n(C)n1. The second kappa shape index (κ2) is 6.43. The molecule has 0 spiro atoms. The highest BCUT2D eigenvalue weighted by molar-refractivity contribution is 7.88. The highest BCUT2D eigenvalue weighted by Crippen LogP contribution is 2.28. The summed E-state index contributed by atoms with van der Waals surface area (Å²) in [6, 6.07) is 2.00. The van der Waals surface area contributed by atoms with Crippen LogP contribution in [0.3, 0.4) is 0 Å². The molecule has 2 atom stereocenters. The van der Waals surface area contributed by atoms with Gasteiger partial charge in [-0.3, -0.25) is 16.0 Å². The Morgan fingerprint density at radius 2 is 2.29 bits per heavy atom. The van der Waals surface area contributed by atoms with E-state index in [1.165, 1.54) is 6.26 Å².